The van der Waals surface area contributed by atoms with Crippen molar-refractivity contribution in [3.8, 4) is 11.5 Å². The lowest BCUT2D eigenvalue weighted by atomic mass is 9.92. The van der Waals surface area contributed by atoms with E-state index in [-0.39, 0.29) is 17.9 Å². The molecule has 1 aliphatic heterocycles. The highest BCUT2D eigenvalue weighted by Gasteiger charge is 2.27. The molecule has 2 aromatic rings. The van der Waals surface area contributed by atoms with E-state index in [9.17, 15) is 5.11 Å². The molecular formula is C16H17NO2. The summed E-state index contributed by atoms with van der Waals surface area (Å²) in [6, 6.07) is 13.2. The fourth-order valence-electron chi connectivity index (χ4n) is 2.55. The van der Waals surface area contributed by atoms with Gasteiger partial charge in [0.2, 0.25) is 0 Å². The first-order chi connectivity index (χ1) is 9.13. The van der Waals surface area contributed by atoms with Crippen LogP contribution in [0.15, 0.2) is 42.5 Å². The van der Waals surface area contributed by atoms with E-state index in [1.165, 1.54) is 5.56 Å². The first kappa shape index (κ1) is 12.1. The van der Waals surface area contributed by atoms with Crippen molar-refractivity contribution in [3.63, 3.8) is 0 Å². The molecule has 2 aromatic carbocycles. The van der Waals surface area contributed by atoms with Gasteiger partial charge >= 0.3 is 0 Å². The molecule has 19 heavy (non-hydrogen) atoms. The first-order valence-electron chi connectivity index (χ1n) is 6.45. The monoisotopic (exact) mass is 255 g/mol. The average Bonchev–Trinajstić information content (AvgIpc) is 2.39. The van der Waals surface area contributed by atoms with Crippen molar-refractivity contribution in [3.05, 3.63) is 59.2 Å². The molecule has 3 heteroatoms. The number of aryl methyl sites for hydroxylation is 1. The lowest BCUT2D eigenvalue weighted by molar-refractivity contribution is 0.161. The Bertz CT molecular complexity index is 609. The van der Waals surface area contributed by atoms with Gasteiger partial charge in [0.1, 0.15) is 17.6 Å². The topological polar surface area (TPSA) is 55.5 Å². The van der Waals surface area contributed by atoms with Gasteiger partial charge in [-0.2, -0.15) is 0 Å². The van der Waals surface area contributed by atoms with Gasteiger partial charge in [-0.3, -0.25) is 0 Å². The van der Waals surface area contributed by atoms with Crippen LogP contribution in [0.5, 0.6) is 11.5 Å². The molecule has 1 unspecified atom stereocenters. The minimum Gasteiger partial charge on any atom is -0.508 e. The second kappa shape index (κ2) is 4.59. The van der Waals surface area contributed by atoms with E-state index >= 15 is 0 Å². The molecule has 0 saturated heterocycles. The average molecular weight is 255 g/mol. The molecule has 3 N–H and O–H groups in total. The molecule has 3 nitrogen and oxygen atoms in total. The van der Waals surface area contributed by atoms with Crippen LogP contribution in [0, 0.1) is 6.92 Å². The van der Waals surface area contributed by atoms with E-state index in [0.717, 1.165) is 23.3 Å². The summed E-state index contributed by atoms with van der Waals surface area (Å²) in [6.07, 6.45) is 0.622. The standard InChI is InChI=1S/C16H17NO2/c1-10-5-6-15-13(7-10)14(17)9-16(19-15)11-3-2-4-12(18)8-11/h2-8,14,16,18H,9,17H2,1H3/t14-,16?/m0/s1. The summed E-state index contributed by atoms with van der Waals surface area (Å²) < 4.78 is 6.01. The largest absolute Gasteiger partial charge is 0.508 e. The molecule has 1 heterocycles. The third-order valence-corrected chi connectivity index (χ3v) is 3.54. The minimum absolute atomic E-state index is 0.0315. The number of benzene rings is 2. The molecule has 0 fully saturated rings. The lowest BCUT2D eigenvalue weighted by Gasteiger charge is -2.30. The summed E-state index contributed by atoms with van der Waals surface area (Å²) in [5.74, 6) is 1.10. The number of hydrogen-bond donors (Lipinski definition) is 2. The number of fused-ring (bicyclic) bond motifs is 1. The number of hydrogen-bond acceptors (Lipinski definition) is 3. The van der Waals surface area contributed by atoms with Crippen LogP contribution in [0.4, 0.5) is 0 Å². The van der Waals surface area contributed by atoms with Gasteiger partial charge in [0.15, 0.2) is 0 Å². The maximum atomic E-state index is 9.55. The highest BCUT2D eigenvalue weighted by molar-refractivity contribution is 5.42. The van der Waals surface area contributed by atoms with Gasteiger partial charge in [0, 0.05) is 18.0 Å². The maximum absolute atomic E-state index is 9.55. The first-order valence-corrected chi connectivity index (χ1v) is 6.45. The number of phenolic OH excluding ortho intramolecular Hbond substituents is 1. The van der Waals surface area contributed by atoms with Crippen LogP contribution in [0.2, 0.25) is 0 Å². The van der Waals surface area contributed by atoms with Gasteiger partial charge in [-0.1, -0.05) is 29.8 Å². The fraction of sp³-hybridized carbons (Fsp3) is 0.250. The SMILES string of the molecule is Cc1ccc2c(c1)[C@@H](N)CC(c1cccc(O)c1)O2. The molecule has 0 saturated carbocycles. The molecule has 0 aliphatic carbocycles. The Kier molecular flexibility index (Phi) is 2.91. The highest BCUT2D eigenvalue weighted by Crippen LogP contribution is 2.40. The van der Waals surface area contributed by atoms with E-state index in [1.54, 1.807) is 12.1 Å². The second-order valence-corrected chi connectivity index (χ2v) is 5.08. The molecular weight excluding hydrogens is 238 g/mol. The Hall–Kier alpha value is -2.00. The predicted octanol–water partition coefficient (Wildman–Crippen LogP) is 3.22. The van der Waals surface area contributed by atoms with Gasteiger partial charge in [0.25, 0.3) is 0 Å². The molecule has 0 radical (unpaired) electrons. The van der Waals surface area contributed by atoms with Crippen molar-refractivity contribution < 1.29 is 9.84 Å². The smallest absolute Gasteiger partial charge is 0.126 e. The van der Waals surface area contributed by atoms with Crippen molar-refractivity contribution in [1.29, 1.82) is 0 Å². The zero-order valence-corrected chi connectivity index (χ0v) is 10.8. The zero-order valence-electron chi connectivity index (χ0n) is 10.8. The highest BCUT2D eigenvalue weighted by atomic mass is 16.5. The van der Waals surface area contributed by atoms with Gasteiger partial charge in [-0.15, -0.1) is 0 Å². The Morgan fingerprint density at radius 3 is 2.84 bits per heavy atom. The Morgan fingerprint density at radius 2 is 2.05 bits per heavy atom. The van der Waals surface area contributed by atoms with E-state index in [4.69, 9.17) is 10.5 Å². The molecule has 0 aromatic heterocycles. The van der Waals surface area contributed by atoms with Crippen LogP contribution in [0.1, 0.15) is 35.3 Å². The predicted molar refractivity (Wildman–Crippen MR) is 74.2 cm³/mol. The van der Waals surface area contributed by atoms with E-state index in [2.05, 4.69) is 6.07 Å². The van der Waals surface area contributed by atoms with Crippen LogP contribution in [-0.2, 0) is 0 Å². The number of phenols is 1. The van der Waals surface area contributed by atoms with Crippen LogP contribution in [-0.4, -0.2) is 5.11 Å². The maximum Gasteiger partial charge on any atom is 0.126 e. The van der Waals surface area contributed by atoms with Gasteiger partial charge in [-0.05, 0) is 30.7 Å². The van der Waals surface area contributed by atoms with Crippen LogP contribution in [0.3, 0.4) is 0 Å². The minimum atomic E-state index is -0.0997. The summed E-state index contributed by atoms with van der Waals surface area (Å²) in [4.78, 5) is 0. The van der Waals surface area contributed by atoms with E-state index in [1.807, 2.05) is 31.2 Å². The number of ether oxygens (including phenoxy) is 1. The molecule has 0 amide bonds. The molecule has 98 valence electrons. The summed E-state index contributed by atoms with van der Waals surface area (Å²) in [7, 11) is 0. The summed E-state index contributed by atoms with van der Waals surface area (Å²) >= 11 is 0. The molecule has 1 aliphatic rings. The van der Waals surface area contributed by atoms with Gasteiger partial charge < -0.3 is 15.6 Å². The summed E-state index contributed by atoms with van der Waals surface area (Å²) in [5, 5.41) is 9.55. The van der Waals surface area contributed by atoms with Crippen molar-refractivity contribution in [1.82, 2.24) is 0 Å². The normalized spacial score (nSPS) is 21.6. The molecule has 3 rings (SSSR count). The number of nitrogens with two attached hydrogens (primary N) is 1. The number of rotatable bonds is 1. The zero-order chi connectivity index (χ0) is 13.4. The van der Waals surface area contributed by atoms with Crippen molar-refractivity contribution >= 4 is 0 Å². The number of aromatic hydroxyl groups is 1. The Labute approximate surface area is 112 Å². The lowest BCUT2D eigenvalue weighted by Crippen LogP contribution is -2.24. The Morgan fingerprint density at radius 1 is 1.21 bits per heavy atom. The molecule has 2 atom stereocenters. The van der Waals surface area contributed by atoms with Crippen molar-refractivity contribution in [2.24, 2.45) is 5.73 Å². The van der Waals surface area contributed by atoms with E-state index < -0.39 is 0 Å². The van der Waals surface area contributed by atoms with Crippen LogP contribution in [0.25, 0.3) is 0 Å². The van der Waals surface area contributed by atoms with Crippen LogP contribution < -0.4 is 10.5 Å². The fourth-order valence-corrected chi connectivity index (χ4v) is 2.55. The van der Waals surface area contributed by atoms with Crippen LogP contribution >= 0.6 is 0 Å². The summed E-state index contributed by atoms with van der Waals surface area (Å²) in [5.41, 5.74) is 9.45. The van der Waals surface area contributed by atoms with Gasteiger partial charge in [0.05, 0.1) is 0 Å². The second-order valence-electron chi connectivity index (χ2n) is 5.08. The molecule has 0 spiro atoms. The van der Waals surface area contributed by atoms with Crippen molar-refractivity contribution in [2.75, 3.05) is 0 Å². The third-order valence-electron chi connectivity index (χ3n) is 3.54. The quantitative estimate of drug-likeness (QED) is 0.822. The Balaban J connectivity index is 1.95. The third kappa shape index (κ3) is 2.29. The molecule has 0 bridgehead atoms. The van der Waals surface area contributed by atoms with E-state index in [0.29, 0.717) is 0 Å². The van der Waals surface area contributed by atoms with Crippen molar-refractivity contribution in [2.45, 2.75) is 25.5 Å². The summed E-state index contributed by atoms with van der Waals surface area (Å²) in [6.45, 7) is 2.05. The van der Waals surface area contributed by atoms with Gasteiger partial charge in [-0.25, -0.2) is 0 Å².